The van der Waals surface area contributed by atoms with Gasteiger partial charge in [-0.05, 0) is 22.8 Å². The maximum Gasteiger partial charge on any atom is 0.315 e. The van der Waals surface area contributed by atoms with Crippen LogP contribution in [0.5, 0.6) is 0 Å². The van der Waals surface area contributed by atoms with Crippen LogP contribution >= 0.6 is 0 Å². The Labute approximate surface area is 116 Å². The summed E-state index contributed by atoms with van der Waals surface area (Å²) >= 11 is 0. The third-order valence-electron chi connectivity index (χ3n) is 3.77. The largest absolute Gasteiger partial charge is 0.489 e. The molecule has 0 radical (unpaired) electrons. The third kappa shape index (κ3) is 1.63. The summed E-state index contributed by atoms with van der Waals surface area (Å²) in [6, 6.07) is 0. The molecule has 20 heavy (non-hydrogen) atoms. The molecule has 3 nitrogen and oxygen atoms in total. The SMILES string of the molecule is O=C1CC2=CC=CC3=C(C=CC4=CC=COC43)C2=CO1. The van der Waals surface area contributed by atoms with Crippen LogP contribution in [0, 0.1) is 0 Å². The quantitative estimate of drug-likeness (QED) is 0.631. The fourth-order valence-electron chi connectivity index (χ4n) is 2.82. The molecule has 0 bridgehead atoms. The van der Waals surface area contributed by atoms with Crippen LogP contribution in [0.4, 0.5) is 0 Å². The van der Waals surface area contributed by atoms with Crippen LogP contribution in [0.1, 0.15) is 6.42 Å². The molecule has 0 spiro atoms. The average Bonchev–Trinajstić information content (AvgIpc) is 2.66. The summed E-state index contributed by atoms with van der Waals surface area (Å²) in [5, 5.41) is 0. The van der Waals surface area contributed by atoms with E-state index in [1.807, 2.05) is 24.3 Å². The summed E-state index contributed by atoms with van der Waals surface area (Å²) in [7, 11) is 0. The van der Waals surface area contributed by atoms with Gasteiger partial charge in [0.05, 0.1) is 12.7 Å². The second-order valence-corrected chi connectivity index (χ2v) is 4.96. The van der Waals surface area contributed by atoms with Crippen molar-refractivity contribution in [1.29, 1.82) is 0 Å². The van der Waals surface area contributed by atoms with Gasteiger partial charge >= 0.3 is 5.97 Å². The summed E-state index contributed by atoms with van der Waals surface area (Å²) in [5.41, 5.74) is 5.25. The number of carbonyl (C=O) groups is 1. The minimum atomic E-state index is -0.213. The lowest BCUT2D eigenvalue weighted by molar-refractivity contribution is -0.137. The third-order valence-corrected chi connectivity index (χ3v) is 3.77. The highest BCUT2D eigenvalue weighted by molar-refractivity contribution is 5.80. The molecule has 0 amide bonds. The number of carbonyl (C=O) groups excluding carboxylic acids is 1. The summed E-state index contributed by atoms with van der Waals surface area (Å²) < 4.78 is 10.8. The highest BCUT2D eigenvalue weighted by atomic mass is 16.5. The van der Waals surface area contributed by atoms with Crippen LogP contribution in [0.15, 0.2) is 82.9 Å². The molecule has 2 aliphatic carbocycles. The minimum absolute atomic E-state index is 0.0810. The second-order valence-electron chi connectivity index (χ2n) is 4.96. The molecule has 2 heterocycles. The number of fused-ring (bicyclic) bond motifs is 4. The monoisotopic (exact) mass is 264 g/mol. The first-order valence-electron chi connectivity index (χ1n) is 6.55. The fraction of sp³-hybridized carbons (Fsp3) is 0.118. The van der Waals surface area contributed by atoms with Gasteiger partial charge in [0.25, 0.3) is 0 Å². The van der Waals surface area contributed by atoms with Gasteiger partial charge in [0.1, 0.15) is 12.4 Å². The van der Waals surface area contributed by atoms with Crippen LogP contribution in [0.3, 0.4) is 0 Å². The number of ether oxygens (including phenoxy) is 2. The molecule has 4 aliphatic rings. The topological polar surface area (TPSA) is 35.5 Å². The molecule has 4 rings (SSSR count). The highest BCUT2D eigenvalue weighted by Crippen LogP contribution is 2.38. The second kappa shape index (κ2) is 4.23. The standard InChI is InChI=1S/C17H12O3/c18-16-9-12-3-1-5-14-13(15(12)10-20-16)7-6-11-4-2-8-19-17(11)14/h1-8,10,17H,9H2. The first kappa shape index (κ1) is 11.3. The molecule has 0 N–H and O–H groups in total. The van der Waals surface area contributed by atoms with E-state index in [0.29, 0.717) is 6.42 Å². The van der Waals surface area contributed by atoms with E-state index in [4.69, 9.17) is 9.47 Å². The molecule has 3 heteroatoms. The Bertz CT molecular complexity index is 709. The highest BCUT2D eigenvalue weighted by Gasteiger charge is 2.29. The van der Waals surface area contributed by atoms with Crippen molar-refractivity contribution >= 4 is 5.97 Å². The van der Waals surface area contributed by atoms with Crippen LogP contribution < -0.4 is 0 Å². The van der Waals surface area contributed by atoms with Crippen molar-refractivity contribution < 1.29 is 14.3 Å². The van der Waals surface area contributed by atoms with E-state index in [9.17, 15) is 4.79 Å². The first-order valence-corrected chi connectivity index (χ1v) is 6.55. The molecule has 98 valence electrons. The maximum atomic E-state index is 11.4. The Morgan fingerprint density at radius 1 is 1.10 bits per heavy atom. The van der Waals surface area contributed by atoms with Crippen molar-refractivity contribution in [2.75, 3.05) is 0 Å². The Balaban J connectivity index is 1.86. The van der Waals surface area contributed by atoms with Gasteiger partial charge in [-0.25, -0.2) is 0 Å². The van der Waals surface area contributed by atoms with Crippen molar-refractivity contribution in [2.24, 2.45) is 0 Å². The zero-order chi connectivity index (χ0) is 13.5. The molecule has 2 aliphatic heterocycles. The first-order chi connectivity index (χ1) is 9.83. The van der Waals surface area contributed by atoms with Crippen molar-refractivity contribution in [3.8, 4) is 0 Å². The number of cyclic esters (lactones) is 1. The van der Waals surface area contributed by atoms with Gasteiger partial charge in [0.2, 0.25) is 0 Å². The molecule has 0 fully saturated rings. The number of hydrogen-bond acceptors (Lipinski definition) is 3. The van der Waals surface area contributed by atoms with E-state index in [-0.39, 0.29) is 12.1 Å². The van der Waals surface area contributed by atoms with Crippen molar-refractivity contribution in [1.82, 2.24) is 0 Å². The van der Waals surface area contributed by atoms with Gasteiger partial charge in [-0.2, -0.15) is 0 Å². The van der Waals surface area contributed by atoms with Crippen LogP contribution in [0.25, 0.3) is 0 Å². The van der Waals surface area contributed by atoms with Crippen molar-refractivity contribution in [3.05, 3.63) is 82.9 Å². The van der Waals surface area contributed by atoms with Crippen molar-refractivity contribution in [3.63, 3.8) is 0 Å². The van der Waals surface area contributed by atoms with E-state index < -0.39 is 0 Å². The number of allylic oxidation sites excluding steroid dienone is 7. The zero-order valence-corrected chi connectivity index (χ0v) is 10.7. The lowest BCUT2D eigenvalue weighted by atomic mass is 9.84. The predicted molar refractivity (Wildman–Crippen MR) is 74.3 cm³/mol. The van der Waals surface area contributed by atoms with Gasteiger partial charge in [0, 0.05) is 11.1 Å². The fourth-order valence-corrected chi connectivity index (χ4v) is 2.82. The molecule has 1 atom stereocenters. The normalized spacial score (nSPS) is 26.3. The van der Waals surface area contributed by atoms with E-state index in [2.05, 4.69) is 18.2 Å². The molecule has 0 aromatic rings. The van der Waals surface area contributed by atoms with Crippen LogP contribution in [-0.4, -0.2) is 12.1 Å². The molecular weight excluding hydrogens is 252 g/mol. The Kier molecular flexibility index (Phi) is 2.39. The average molecular weight is 264 g/mol. The number of hydrogen-bond donors (Lipinski definition) is 0. The van der Waals surface area contributed by atoms with Crippen LogP contribution in [-0.2, 0) is 14.3 Å². The molecular formula is C17H12O3. The Hall–Kier alpha value is -2.55. The van der Waals surface area contributed by atoms with Gasteiger partial charge in [-0.3, -0.25) is 4.79 Å². The summed E-state index contributed by atoms with van der Waals surface area (Å²) in [5.74, 6) is -0.213. The van der Waals surface area contributed by atoms with E-state index >= 15 is 0 Å². The van der Waals surface area contributed by atoms with E-state index in [0.717, 1.165) is 27.9 Å². The number of esters is 1. The Morgan fingerprint density at radius 2 is 2.05 bits per heavy atom. The van der Waals surface area contributed by atoms with Crippen molar-refractivity contribution in [2.45, 2.75) is 12.5 Å². The summed E-state index contributed by atoms with van der Waals surface area (Å²) in [4.78, 5) is 11.4. The minimum Gasteiger partial charge on any atom is -0.489 e. The lowest BCUT2D eigenvalue weighted by Gasteiger charge is -2.28. The van der Waals surface area contributed by atoms with Gasteiger partial charge in [-0.1, -0.05) is 36.5 Å². The molecule has 0 saturated carbocycles. The summed E-state index contributed by atoms with van der Waals surface area (Å²) in [6.07, 6.45) is 17.6. The van der Waals surface area contributed by atoms with Crippen LogP contribution in [0.2, 0.25) is 0 Å². The van der Waals surface area contributed by atoms with Gasteiger partial charge in [-0.15, -0.1) is 0 Å². The maximum absolute atomic E-state index is 11.4. The smallest absolute Gasteiger partial charge is 0.315 e. The molecule has 0 saturated heterocycles. The predicted octanol–water partition coefficient (Wildman–Crippen LogP) is 3.02. The zero-order valence-electron chi connectivity index (χ0n) is 10.7. The molecule has 0 aromatic carbocycles. The van der Waals surface area contributed by atoms with E-state index in [1.165, 1.54) is 0 Å². The van der Waals surface area contributed by atoms with E-state index in [1.54, 1.807) is 12.5 Å². The van der Waals surface area contributed by atoms with Gasteiger partial charge in [0.15, 0.2) is 0 Å². The Morgan fingerprint density at radius 3 is 3.00 bits per heavy atom. The summed E-state index contributed by atoms with van der Waals surface area (Å²) in [6.45, 7) is 0. The molecule has 1 unspecified atom stereocenters. The number of rotatable bonds is 0. The molecule has 0 aromatic heterocycles. The van der Waals surface area contributed by atoms with Gasteiger partial charge < -0.3 is 9.47 Å². The lowest BCUT2D eigenvalue weighted by Crippen LogP contribution is -2.21.